The number of amides is 1. The smallest absolute Gasteiger partial charge is 0.244 e. The molecule has 2 aromatic rings. The number of carbonyl (C=O) groups excluding carboxylic acids is 1. The van der Waals surface area contributed by atoms with Crippen LogP contribution >= 0.6 is 0 Å². The van der Waals surface area contributed by atoms with Gasteiger partial charge in [-0.05, 0) is 35.8 Å². The Bertz CT molecular complexity index is 728. The fourth-order valence-electron chi connectivity index (χ4n) is 2.40. The number of hydrogen-bond donors (Lipinski definition) is 1. The highest BCUT2D eigenvalue weighted by Gasteiger charge is 2.12. The molecule has 0 unspecified atom stereocenters. The van der Waals surface area contributed by atoms with Gasteiger partial charge in [-0.25, -0.2) is 0 Å². The van der Waals surface area contributed by atoms with Crippen molar-refractivity contribution in [3.8, 4) is 11.5 Å². The van der Waals surface area contributed by atoms with E-state index in [1.54, 1.807) is 6.08 Å². The van der Waals surface area contributed by atoms with Crippen molar-refractivity contribution in [1.82, 2.24) is 5.32 Å². The van der Waals surface area contributed by atoms with Gasteiger partial charge in [0.2, 0.25) is 12.7 Å². The van der Waals surface area contributed by atoms with Crippen LogP contribution in [0, 0.1) is 0 Å². The predicted molar refractivity (Wildman–Crippen MR) is 95.3 cm³/mol. The molecule has 0 aliphatic carbocycles. The highest BCUT2D eigenvalue weighted by molar-refractivity contribution is 5.91. The first-order valence-corrected chi connectivity index (χ1v) is 8.28. The first-order chi connectivity index (χ1) is 12.3. The molecule has 0 saturated heterocycles. The molecule has 1 amide bonds. The Balaban J connectivity index is 1.31. The Morgan fingerprint density at radius 1 is 1.12 bits per heavy atom. The van der Waals surface area contributed by atoms with Crippen LogP contribution in [0.5, 0.6) is 11.5 Å². The summed E-state index contributed by atoms with van der Waals surface area (Å²) < 4.78 is 16.1. The molecular weight excluding hydrogens is 318 g/mol. The van der Waals surface area contributed by atoms with E-state index >= 15 is 0 Å². The summed E-state index contributed by atoms with van der Waals surface area (Å²) in [5.74, 6) is 1.32. The predicted octanol–water partition coefficient (Wildman–Crippen LogP) is 3.15. The van der Waals surface area contributed by atoms with Gasteiger partial charge in [0.25, 0.3) is 0 Å². The number of ether oxygens (including phenoxy) is 3. The second-order valence-corrected chi connectivity index (χ2v) is 5.63. The third-order valence-electron chi connectivity index (χ3n) is 3.70. The summed E-state index contributed by atoms with van der Waals surface area (Å²) in [6.45, 7) is 2.04. The van der Waals surface area contributed by atoms with Crippen molar-refractivity contribution in [2.45, 2.75) is 13.0 Å². The van der Waals surface area contributed by atoms with Crippen LogP contribution in [0.15, 0.2) is 54.6 Å². The Labute approximate surface area is 147 Å². The largest absolute Gasteiger partial charge is 0.454 e. The number of rotatable bonds is 8. The average Bonchev–Trinajstić information content (AvgIpc) is 3.11. The van der Waals surface area contributed by atoms with Crippen LogP contribution in [0.25, 0.3) is 6.08 Å². The molecule has 1 heterocycles. The van der Waals surface area contributed by atoms with Crippen LogP contribution in [-0.4, -0.2) is 25.9 Å². The number of carbonyl (C=O) groups is 1. The number of benzene rings is 2. The minimum Gasteiger partial charge on any atom is -0.454 e. The monoisotopic (exact) mass is 339 g/mol. The molecular formula is C20H21NO4. The van der Waals surface area contributed by atoms with Gasteiger partial charge < -0.3 is 19.5 Å². The molecule has 5 heteroatoms. The molecule has 0 aromatic heterocycles. The lowest BCUT2D eigenvalue weighted by Gasteiger charge is -2.05. The van der Waals surface area contributed by atoms with E-state index < -0.39 is 0 Å². The first kappa shape index (κ1) is 17.0. The van der Waals surface area contributed by atoms with Crippen molar-refractivity contribution in [2.24, 2.45) is 0 Å². The molecule has 0 atom stereocenters. The quantitative estimate of drug-likeness (QED) is 0.593. The maximum atomic E-state index is 11.8. The summed E-state index contributed by atoms with van der Waals surface area (Å²) >= 11 is 0. The van der Waals surface area contributed by atoms with Crippen LogP contribution < -0.4 is 14.8 Å². The third-order valence-corrected chi connectivity index (χ3v) is 3.70. The van der Waals surface area contributed by atoms with Crippen molar-refractivity contribution in [3.05, 3.63) is 65.7 Å². The minimum absolute atomic E-state index is 0.124. The Morgan fingerprint density at radius 3 is 2.84 bits per heavy atom. The molecule has 0 radical (unpaired) electrons. The molecule has 2 aromatic carbocycles. The lowest BCUT2D eigenvalue weighted by Crippen LogP contribution is -2.23. The van der Waals surface area contributed by atoms with E-state index in [0.29, 0.717) is 25.5 Å². The molecule has 0 bridgehead atoms. The maximum Gasteiger partial charge on any atom is 0.244 e. The Hall–Kier alpha value is -2.79. The van der Waals surface area contributed by atoms with E-state index in [4.69, 9.17) is 14.2 Å². The second-order valence-electron chi connectivity index (χ2n) is 5.63. The van der Waals surface area contributed by atoms with Gasteiger partial charge in [-0.1, -0.05) is 36.4 Å². The molecule has 130 valence electrons. The second kappa shape index (κ2) is 8.89. The van der Waals surface area contributed by atoms with Crippen LogP contribution in [-0.2, 0) is 16.1 Å². The van der Waals surface area contributed by atoms with Gasteiger partial charge in [0.1, 0.15) is 0 Å². The summed E-state index contributed by atoms with van der Waals surface area (Å²) in [6.07, 6.45) is 4.04. The van der Waals surface area contributed by atoms with Crippen LogP contribution in [0.3, 0.4) is 0 Å². The summed E-state index contributed by atoms with van der Waals surface area (Å²) in [7, 11) is 0. The van der Waals surface area contributed by atoms with Crippen LogP contribution in [0.2, 0.25) is 0 Å². The van der Waals surface area contributed by atoms with Crippen molar-refractivity contribution < 1.29 is 19.0 Å². The van der Waals surface area contributed by atoms with Gasteiger partial charge in [-0.15, -0.1) is 0 Å². The molecule has 0 saturated carbocycles. The molecule has 0 fully saturated rings. The van der Waals surface area contributed by atoms with Crippen LogP contribution in [0.4, 0.5) is 0 Å². The highest BCUT2D eigenvalue weighted by Crippen LogP contribution is 2.32. The Kier molecular flexibility index (Phi) is 6.06. The average molecular weight is 339 g/mol. The SMILES string of the molecule is O=C(C=Cc1ccc2c(c1)OCO2)NCCCOCc1ccccc1. The van der Waals surface area contributed by atoms with Crippen LogP contribution in [0.1, 0.15) is 17.5 Å². The molecule has 0 spiro atoms. The third kappa shape index (κ3) is 5.36. The molecule has 25 heavy (non-hydrogen) atoms. The molecule has 1 N–H and O–H groups in total. The number of hydrogen-bond acceptors (Lipinski definition) is 4. The van der Waals surface area contributed by atoms with E-state index in [1.165, 1.54) is 6.08 Å². The van der Waals surface area contributed by atoms with Gasteiger partial charge in [-0.2, -0.15) is 0 Å². The standard InChI is InChI=1S/C20H21NO4/c22-20(10-8-16-7-9-18-19(13-16)25-15-24-18)21-11-4-12-23-14-17-5-2-1-3-6-17/h1-3,5-10,13H,4,11-12,14-15H2,(H,21,22). The number of nitrogens with one attached hydrogen (secondary N) is 1. The lowest BCUT2D eigenvalue weighted by molar-refractivity contribution is -0.116. The van der Waals surface area contributed by atoms with Crippen molar-refractivity contribution in [3.63, 3.8) is 0 Å². The van der Waals surface area contributed by atoms with Crippen molar-refractivity contribution in [1.29, 1.82) is 0 Å². The van der Waals surface area contributed by atoms with Crippen molar-refractivity contribution >= 4 is 12.0 Å². The van der Waals surface area contributed by atoms with E-state index in [9.17, 15) is 4.79 Å². The van der Waals surface area contributed by atoms with Gasteiger partial charge in [0, 0.05) is 19.2 Å². The summed E-state index contributed by atoms with van der Waals surface area (Å²) in [5.41, 5.74) is 2.05. The van der Waals surface area contributed by atoms with E-state index in [-0.39, 0.29) is 12.7 Å². The Morgan fingerprint density at radius 2 is 1.96 bits per heavy atom. The fraction of sp³-hybridized carbons (Fsp3) is 0.250. The molecule has 1 aliphatic rings. The topological polar surface area (TPSA) is 56.8 Å². The maximum absolute atomic E-state index is 11.8. The fourth-order valence-corrected chi connectivity index (χ4v) is 2.40. The normalized spacial score (nSPS) is 12.5. The summed E-state index contributed by atoms with van der Waals surface area (Å²) in [6, 6.07) is 15.6. The van der Waals surface area contributed by atoms with Gasteiger partial charge in [0.15, 0.2) is 11.5 Å². The van der Waals surface area contributed by atoms with Gasteiger partial charge in [-0.3, -0.25) is 4.79 Å². The minimum atomic E-state index is -0.124. The van der Waals surface area contributed by atoms with E-state index in [1.807, 2.05) is 48.5 Å². The number of fused-ring (bicyclic) bond motifs is 1. The molecule has 3 rings (SSSR count). The zero-order valence-electron chi connectivity index (χ0n) is 13.9. The summed E-state index contributed by atoms with van der Waals surface area (Å²) in [4.78, 5) is 11.8. The van der Waals surface area contributed by atoms with Gasteiger partial charge >= 0.3 is 0 Å². The van der Waals surface area contributed by atoms with E-state index in [2.05, 4.69) is 5.32 Å². The highest BCUT2D eigenvalue weighted by atomic mass is 16.7. The van der Waals surface area contributed by atoms with E-state index in [0.717, 1.165) is 23.3 Å². The van der Waals surface area contributed by atoms with Crippen molar-refractivity contribution in [2.75, 3.05) is 19.9 Å². The molecule has 1 aliphatic heterocycles. The zero-order valence-corrected chi connectivity index (χ0v) is 13.9. The summed E-state index contributed by atoms with van der Waals surface area (Å²) in [5, 5.41) is 2.84. The lowest BCUT2D eigenvalue weighted by atomic mass is 10.2. The molecule has 5 nitrogen and oxygen atoms in total. The van der Waals surface area contributed by atoms with Gasteiger partial charge in [0.05, 0.1) is 6.61 Å². The zero-order chi connectivity index (χ0) is 17.3. The first-order valence-electron chi connectivity index (χ1n) is 8.28.